The number of hydrogen-bond donors (Lipinski definition) is 1. The highest BCUT2D eigenvalue weighted by atomic mass is 35.5. The van der Waals surface area contributed by atoms with Gasteiger partial charge in [0.15, 0.2) is 0 Å². The molecule has 0 aliphatic heterocycles. The third kappa shape index (κ3) is 5.27. The molecule has 0 saturated carbocycles. The van der Waals surface area contributed by atoms with Gasteiger partial charge in [0.25, 0.3) is 0 Å². The summed E-state index contributed by atoms with van der Waals surface area (Å²) < 4.78 is 0. The number of nitrogens with zero attached hydrogens (tertiary/aromatic N) is 1. The number of halogens is 2. The summed E-state index contributed by atoms with van der Waals surface area (Å²) in [5, 5.41) is 3.52. The molecule has 2 aromatic carbocycles. The van der Waals surface area contributed by atoms with Crippen LogP contribution < -0.4 is 5.32 Å². The fraction of sp³-hybridized carbons (Fsp3) is 0.176. The van der Waals surface area contributed by atoms with Crippen LogP contribution in [-0.4, -0.2) is 23.3 Å². The van der Waals surface area contributed by atoms with Crippen molar-refractivity contribution in [3.63, 3.8) is 0 Å². The lowest BCUT2D eigenvalue weighted by Crippen LogP contribution is -2.36. The van der Waals surface area contributed by atoms with E-state index in [4.69, 9.17) is 23.2 Å². The van der Waals surface area contributed by atoms with Crippen molar-refractivity contribution in [2.45, 2.75) is 13.5 Å². The van der Waals surface area contributed by atoms with Crippen LogP contribution in [-0.2, 0) is 16.1 Å². The van der Waals surface area contributed by atoms with Crippen LogP contribution in [0.5, 0.6) is 0 Å². The minimum atomic E-state index is -0.319. The predicted molar refractivity (Wildman–Crippen MR) is 92.6 cm³/mol. The second-order valence-corrected chi connectivity index (χ2v) is 5.88. The van der Waals surface area contributed by atoms with Gasteiger partial charge < -0.3 is 10.2 Å². The molecule has 0 heterocycles. The third-order valence-electron chi connectivity index (χ3n) is 3.20. The molecule has 23 heavy (non-hydrogen) atoms. The van der Waals surface area contributed by atoms with Gasteiger partial charge in [0, 0.05) is 18.5 Å². The van der Waals surface area contributed by atoms with E-state index in [2.05, 4.69) is 5.32 Å². The molecule has 0 aromatic heterocycles. The Kier molecular flexibility index (Phi) is 6.02. The van der Waals surface area contributed by atoms with Crippen LogP contribution in [0.15, 0.2) is 48.5 Å². The third-order valence-corrected chi connectivity index (χ3v) is 3.75. The van der Waals surface area contributed by atoms with Crippen LogP contribution in [0, 0.1) is 0 Å². The fourth-order valence-corrected chi connectivity index (χ4v) is 2.49. The molecular formula is C17H16Cl2N2O2. The van der Waals surface area contributed by atoms with Crippen LogP contribution in [0.3, 0.4) is 0 Å². The van der Waals surface area contributed by atoms with E-state index < -0.39 is 0 Å². The highest BCUT2D eigenvalue weighted by molar-refractivity contribution is 6.36. The molecule has 0 atom stereocenters. The topological polar surface area (TPSA) is 49.4 Å². The zero-order valence-corrected chi connectivity index (χ0v) is 14.1. The predicted octanol–water partition coefficient (Wildman–Crippen LogP) is 3.98. The van der Waals surface area contributed by atoms with Crippen molar-refractivity contribution in [3.8, 4) is 0 Å². The molecule has 0 aliphatic carbocycles. The van der Waals surface area contributed by atoms with Gasteiger partial charge >= 0.3 is 0 Å². The molecular weight excluding hydrogens is 335 g/mol. The summed E-state index contributed by atoms with van der Waals surface area (Å²) in [5.41, 5.74) is 1.42. The Morgan fingerprint density at radius 1 is 1.09 bits per heavy atom. The Bertz CT molecular complexity index is 705. The van der Waals surface area contributed by atoms with Crippen LogP contribution >= 0.6 is 23.2 Å². The molecule has 0 saturated heterocycles. The number of amides is 2. The molecule has 4 nitrogen and oxygen atoms in total. The molecule has 1 N–H and O–H groups in total. The summed E-state index contributed by atoms with van der Waals surface area (Å²) in [5.74, 6) is -0.494. The van der Waals surface area contributed by atoms with Crippen LogP contribution in [0.2, 0.25) is 10.0 Å². The maximum atomic E-state index is 12.2. The van der Waals surface area contributed by atoms with Gasteiger partial charge in [-0.05, 0) is 23.8 Å². The molecule has 0 radical (unpaired) electrons. The summed E-state index contributed by atoms with van der Waals surface area (Å²) in [4.78, 5) is 25.4. The Morgan fingerprint density at radius 2 is 1.78 bits per heavy atom. The van der Waals surface area contributed by atoms with E-state index in [-0.39, 0.29) is 18.4 Å². The van der Waals surface area contributed by atoms with E-state index in [1.165, 1.54) is 11.8 Å². The van der Waals surface area contributed by atoms with Gasteiger partial charge in [-0.2, -0.15) is 0 Å². The Hall–Kier alpha value is -2.04. The summed E-state index contributed by atoms with van der Waals surface area (Å²) in [6, 6.07) is 14.3. The number of carbonyl (C=O) groups is 2. The molecule has 6 heteroatoms. The average Bonchev–Trinajstić information content (AvgIpc) is 2.50. The van der Waals surface area contributed by atoms with E-state index >= 15 is 0 Å². The SMILES string of the molecule is CC(=O)N(CC(=O)Nc1ccc(Cl)cc1Cl)Cc1ccccc1. The molecule has 2 rings (SSSR count). The normalized spacial score (nSPS) is 10.2. The van der Waals surface area contributed by atoms with Crippen molar-refractivity contribution in [1.29, 1.82) is 0 Å². The maximum absolute atomic E-state index is 12.2. The van der Waals surface area contributed by atoms with Crippen molar-refractivity contribution < 1.29 is 9.59 Å². The van der Waals surface area contributed by atoms with Crippen LogP contribution in [0.25, 0.3) is 0 Å². The lowest BCUT2D eigenvalue weighted by Gasteiger charge is -2.21. The van der Waals surface area contributed by atoms with Crippen molar-refractivity contribution in [3.05, 3.63) is 64.1 Å². The standard InChI is InChI=1S/C17H16Cl2N2O2/c1-12(22)21(10-13-5-3-2-4-6-13)11-17(23)20-16-8-7-14(18)9-15(16)19/h2-9H,10-11H2,1H3,(H,20,23). The lowest BCUT2D eigenvalue weighted by atomic mass is 10.2. The Balaban J connectivity index is 2.02. The summed E-state index contributed by atoms with van der Waals surface area (Å²) in [7, 11) is 0. The minimum Gasteiger partial charge on any atom is -0.329 e. The molecule has 2 amide bonds. The highest BCUT2D eigenvalue weighted by Gasteiger charge is 2.15. The Labute approximate surface area is 145 Å². The number of anilines is 1. The van der Waals surface area contributed by atoms with Crippen LogP contribution in [0.1, 0.15) is 12.5 Å². The maximum Gasteiger partial charge on any atom is 0.244 e. The van der Waals surface area contributed by atoms with Gasteiger partial charge in [-0.1, -0.05) is 53.5 Å². The monoisotopic (exact) mass is 350 g/mol. The second-order valence-electron chi connectivity index (χ2n) is 5.03. The highest BCUT2D eigenvalue weighted by Crippen LogP contribution is 2.25. The number of benzene rings is 2. The van der Waals surface area contributed by atoms with Gasteiger partial charge in [-0.25, -0.2) is 0 Å². The second kappa shape index (κ2) is 7.99. The average molecular weight is 351 g/mol. The van der Waals surface area contributed by atoms with Crippen molar-refractivity contribution >= 4 is 40.7 Å². The molecule has 0 bridgehead atoms. The first-order chi connectivity index (χ1) is 11.0. The molecule has 120 valence electrons. The number of rotatable bonds is 5. The first kappa shape index (κ1) is 17.3. The van der Waals surface area contributed by atoms with Gasteiger partial charge in [-0.3, -0.25) is 9.59 Å². The molecule has 0 aliphatic rings. The molecule has 0 spiro atoms. The molecule has 0 unspecified atom stereocenters. The minimum absolute atomic E-state index is 0.0524. The quantitative estimate of drug-likeness (QED) is 0.886. The number of nitrogens with one attached hydrogen (secondary N) is 1. The largest absolute Gasteiger partial charge is 0.329 e. The van der Waals surface area contributed by atoms with Gasteiger partial charge in [-0.15, -0.1) is 0 Å². The first-order valence-corrected chi connectivity index (χ1v) is 7.75. The lowest BCUT2D eigenvalue weighted by molar-refractivity contribution is -0.133. The van der Waals surface area contributed by atoms with E-state index in [1.54, 1.807) is 18.2 Å². The van der Waals surface area contributed by atoms with E-state index in [9.17, 15) is 9.59 Å². The zero-order valence-electron chi connectivity index (χ0n) is 12.6. The van der Waals surface area contributed by atoms with E-state index in [1.807, 2.05) is 30.3 Å². The van der Waals surface area contributed by atoms with Gasteiger partial charge in [0.05, 0.1) is 10.7 Å². The summed E-state index contributed by atoms with van der Waals surface area (Å²) >= 11 is 11.8. The first-order valence-electron chi connectivity index (χ1n) is 7.00. The fourth-order valence-electron chi connectivity index (χ4n) is 2.04. The Morgan fingerprint density at radius 3 is 2.39 bits per heavy atom. The number of hydrogen-bond acceptors (Lipinski definition) is 2. The van der Waals surface area contributed by atoms with Gasteiger partial charge in [0.2, 0.25) is 11.8 Å². The van der Waals surface area contributed by atoms with Crippen molar-refractivity contribution in [2.75, 3.05) is 11.9 Å². The summed E-state index contributed by atoms with van der Waals surface area (Å²) in [6.07, 6.45) is 0. The molecule has 0 fully saturated rings. The van der Waals surface area contributed by atoms with Crippen molar-refractivity contribution in [1.82, 2.24) is 4.90 Å². The van der Waals surface area contributed by atoms with E-state index in [0.29, 0.717) is 22.3 Å². The number of carbonyl (C=O) groups excluding carboxylic acids is 2. The smallest absolute Gasteiger partial charge is 0.244 e. The van der Waals surface area contributed by atoms with Gasteiger partial charge in [0.1, 0.15) is 6.54 Å². The van der Waals surface area contributed by atoms with E-state index in [0.717, 1.165) is 5.56 Å². The zero-order chi connectivity index (χ0) is 16.8. The molecule has 2 aromatic rings. The summed E-state index contributed by atoms with van der Waals surface area (Å²) in [6.45, 7) is 1.76. The van der Waals surface area contributed by atoms with Crippen molar-refractivity contribution in [2.24, 2.45) is 0 Å². The van der Waals surface area contributed by atoms with Crippen LogP contribution in [0.4, 0.5) is 5.69 Å².